The van der Waals surface area contributed by atoms with Gasteiger partial charge in [0, 0.05) is 0 Å². The Morgan fingerprint density at radius 3 is 2.07 bits per heavy atom. The highest BCUT2D eigenvalue weighted by atomic mass is 19.1. The van der Waals surface area contributed by atoms with Gasteiger partial charge in [0.1, 0.15) is 11.6 Å². The van der Waals surface area contributed by atoms with Gasteiger partial charge < -0.3 is 19.7 Å². The Kier molecular flexibility index (Phi) is 17.1. The van der Waals surface area contributed by atoms with E-state index in [1.807, 2.05) is 18.2 Å². The first-order valence-corrected chi connectivity index (χ1v) is 20.4. The van der Waals surface area contributed by atoms with Crippen molar-refractivity contribution >= 4 is 11.9 Å². The minimum atomic E-state index is -0.999. The van der Waals surface area contributed by atoms with E-state index in [0.29, 0.717) is 31.2 Å². The molecule has 0 spiro atoms. The Balaban J connectivity index is 1.38. The first kappa shape index (κ1) is 43.8. The van der Waals surface area contributed by atoms with E-state index in [1.54, 1.807) is 26.0 Å². The average Bonchev–Trinajstić information content (AvgIpc) is 3.19. The van der Waals surface area contributed by atoms with Gasteiger partial charge in [-0.15, -0.1) is 0 Å². The molecule has 6 nitrogen and oxygen atoms in total. The van der Waals surface area contributed by atoms with E-state index in [1.165, 1.54) is 30.4 Å². The zero-order valence-corrected chi connectivity index (χ0v) is 33.4. The molecule has 0 aromatic heterocycles. The smallest absolute Gasteiger partial charge is 0.335 e. The number of hydrogen-bond donors (Lipinski definition) is 2. The maximum absolute atomic E-state index is 15.9. The van der Waals surface area contributed by atoms with Crippen LogP contribution in [0, 0.1) is 17.0 Å². The lowest BCUT2D eigenvalue weighted by Gasteiger charge is -2.30. The van der Waals surface area contributed by atoms with Gasteiger partial charge >= 0.3 is 11.9 Å². The van der Waals surface area contributed by atoms with Crippen LogP contribution in [0.3, 0.4) is 0 Å². The van der Waals surface area contributed by atoms with E-state index in [2.05, 4.69) is 44.7 Å². The van der Waals surface area contributed by atoms with Crippen LogP contribution in [0.2, 0.25) is 0 Å². The van der Waals surface area contributed by atoms with Crippen LogP contribution in [0.25, 0.3) is 11.1 Å². The summed E-state index contributed by atoms with van der Waals surface area (Å²) in [6.07, 6.45) is 11.0. The van der Waals surface area contributed by atoms with Crippen molar-refractivity contribution < 1.29 is 38.1 Å². The molecule has 1 aliphatic rings. The Hall–Kier alpha value is -3.88. The molecule has 8 heteroatoms. The molecule has 4 rings (SSSR count). The van der Waals surface area contributed by atoms with Crippen molar-refractivity contribution in [2.75, 3.05) is 26.4 Å². The van der Waals surface area contributed by atoms with Crippen molar-refractivity contribution in [3.63, 3.8) is 0 Å². The van der Waals surface area contributed by atoms with E-state index in [4.69, 9.17) is 14.6 Å². The van der Waals surface area contributed by atoms with Gasteiger partial charge in [-0.25, -0.2) is 13.6 Å². The fraction of sp³-hybridized carbons (Fsp3) is 0.532. The molecule has 3 aromatic rings. The third-order valence-electron chi connectivity index (χ3n) is 11.4. The standard InChI is InChI=1S/C47H62F2O6/c1-6-8-9-12-34-17-20-38(27-33(34)7-2)40-22-24-42(44(49)29-40)37-18-15-35(16-19-37)39-21-23-41(43(48)28-39)36(13-10-25-54-45(52)32(3)30-50)14-11-26-55-46(53)47(4,5)31-51/h17,20-24,27-29,35-37,50-51H,3,6-16,18-19,25-26,30-31H2,1-2,4-5H3. The molecule has 0 saturated heterocycles. The molecule has 3 aromatic carbocycles. The van der Waals surface area contributed by atoms with Gasteiger partial charge in [-0.05, 0) is 153 Å². The van der Waals surface area contributed by atoms with Crippen molar-refractivity contribution in [3.05, 3.63) is 106 Å². The van der Waals surface area contributed by atoms with Crippen LogP contribution in [-0.4, -0.2) is 48.6 Å². The minimum absolute atomic E-state index is 0.0253. The molecular formula is C47H62F2O6. The number of unbranched alkanes of at least 4 members (excludes halogenated alkanes) is 2. The third kappa shape index (κ3) is 12.3. The van der Waals surface area contributed by atoms with Gasteiger partial charge in [0.15, 0.2) is 0 Å². The maximum atomic E-state index is 15.9. The van der Waals surface area contributed by atoms with Crippen LogP contribution < -0.4 is 0 Å². The topological polar surface area (TPSA) is 93.1 Å². The first-order chi connectivity index (χ1) is 26.4. The second kappa shape index (κ2) is 21.4. The molecule has 1 aliphatic carbocycles. The number of benzene rings is 3. The fourth-order valence-corrected chi connectivity index (χ4v) is 7.72. The molecule has 0 amide bonds. The number of ether oxygens (including phenoxy) is 2. The van der Waals surface area contributed by atoms with Gasteiger partial charge in [-0.2, -0.15) is 0 Å². The number of halogens is 2. The van der Waals surface area contributed by atoms with Crippen LogP contribution in [0.5, 0.6) is 0 Å². The van der Waals surface area contributed by atoms with Crippen molar-refractivity contribution in [1.29, 1.82) is 0 Å². The molecule has 1 unspecified atom stereocenters. The summed E-state index contributed by atoms with van der Waals surface area (Å²) in [6.45, 7) is 10.5. The highest BCUT2D eigenvalue weighted by Crippen LogP contribution is 2.43. The fourth-order valence-electron chi connectivity index (χ4n) is 7.72. The lowest BCUT2D eigenvalue weighted by Crippen LogP contribution is -2.30. The van der Waals surface area contributed by atoms with Crippen molar-refractivity contribution in [1.82, 2.24) is 0 Å². The van der Waals surface area contributed by atoms with Crippen LogP contribution in [0.1, 0.15) is 144 Å². The number of aliphatic hydroxyl groups is 2. The summed E-state index contributed by atoms with van der Waals surface area (Å²) in [6, 6.07) is 17.7. The van der Waals surface area contributed by atoms with Gasteiger partial charge in [0.05, 0.1) is 37.4 Å². The van der Waals surface area contributed by atoms with E-state index in [-0.39, 0.29) is 54.8 Å². The van der Waals surface area contributed by atoms with Crippen LogP contribution >= 0.6 is 0 Å². The molecule has 1 saturated carbocycles. The maximum Gasteiger partial charge on any atom is 0.335 e. The number of aryl methyl sites for hydroxylation is 2. The zero-order chi connectivity index (χ0) is 40.0. The lowest BCUT2D eigenvalue weighted by atomic mass is 9.75. The van der Waals surface area contributed by atoms with Crippen molar-refractivity contribution in [2.24, 2.45) is 5.41 Å². The monoisotopic (exact) mass is 760 g/mol. The summed E-state index contributed by atoms with van der Waals surface area (Å²) >= 11 is 0. The second-order valence-corrected chi connectivity index (χ2v) is 15.9. The molecule has 1 atom stereocenters. The highest BCUT2D eigenvalue weighted by Gasteiger charge is 2.29. The Labute approximate surface area is 327 Å². The van der Waals surface area contributed by atoms with Gasteiger partial charge in [0.25, 0.3) is 0 Å². The molecule has 300 valence electrons. The Morgan fingerprint density at radius 2 is 1.45 bits per heavy atom. The summed E-state index contributed by atoms with van der Waals surface area (Å²) in [5.74, 6) is -1.52. The number of aliphatic hydroxyl groups excluding tert-OH is 2. The van der Waals surface area contributed by atoms with Crippen LogP contribution in [0.4, 0.5) is 8.78 Å². The minimum Gasteiger partial charge on any atom is -0.465 e. The van der Waals surface area contributed by atoms with E-state index >= 15 is 8.78 Å². The number of rotatable bonds is 21. The summed E-state index contributed by atoms with van der Waals surface area (Å²) < 4.78 is 42.2. The predicted octanol–water partition coefficient (Wildman–Crippen LogP) is 10.7. The van der Waals surface area contributed by atoms with Gasteiger partial charge in [-0.3, -0.25) is 4.79 Å². The zero-order valence-electron chi connectivity index (χ0n) is 33.4. The van der Waals surface area contributed by atoms with Gasteiger partial charge in [0.2, 0.25) is 0 Å². The summed E-state index contributed by atoms with van der Waals surface area (Å²) in [5.41, 5.74) is 5.92. The third-order valence-corrected chi connectivity index (χ3v) is 11.4. The number of carbonyl (C=O) groups is 2. The molecule has 0 heterocycles. The second-order valence-electron chi connectivity index (χ2n) is 15.9. The summed E-state index contributed by atoms with van der Waals surface area (Å²) in [7, 11) is 0. The molecule has 0 aliphatic heterocycles. The van der Waals surface area contributed by atoms with Gasteiger partial charge in [-0.1, -0.05) is 75.7 Å². The summed E-state index contributed by atoms with van der Waals surface area (Å²) in [4.78, 5) is 24.2. The molecular weight excluding hydrogens is 699 g/mol. The van der Waals surface area contributed by atoms with Crippen LogP contribution in [-0.2, 0) is 31.9 Å². The molecule has 55 heavy (non-hydrogen) atoms. The largest absolute Gasteiger partial charge is 0.465 e. The van der Waals surface area contributed by atoms with Crippen molar-refractivity contribution in [3.8, 4) is 11.1 Å². The quantitative estimate of drug-likeness (QED) is 0.0638. The average molecular weight is 761 g/mol. The SMILES string of the molecule is C=C(CO)C(=O)OCCCC(CCCOC(=O)C(C)(C)CO)c1ccc(C2CCC(c3ccc(-c4ccc(CCCCC)c(CC)c4)cc3F)CC2)cc1F. The predicted molar refractivity (Wildman–Crippen MR) is 215 cm³/mol. The van der Waals surface area contributed by atoms with Crippen LogP contribution in [0.15, 0.2) is 66.7 Å². The van der Waals surface area contributed by atoms with E-state index in [9.17, 15) is 14.7 Å². The summed E-state index contributed by atoms with van der Waals surface area (Å²) in [5, 5.41) is 18.6. The molecule has 0 bridgehead atoms. The van der Waals surface area contributed by atoms with E-state index < -0.39 is 24.0 Å². The first-order valence-electron chi connectivity index (χ1n) is 20.4. The molecule has 2 N–H and O–H groups in total. The van der Waals surface area contributed by atoms with E-state index in [0.717, 1.165) is 60.8 Å². The molecule has 1 fully saturated rings. The lowest BCUT2D eigenvalue weighted by molar-refractivity contribution is -0.156. The number of esters is 2. The Bertz CT molecular complexity index is 1720. The number of hydrogen-bond acceptors (Lipinski definition) is 6. The number of carbonyl (C=O) groups excluding carboxylic acids is 2. The molecule has 0 radical (unpaired) electrons. The van der Waals surface area contributed by atoms with Crippen molar-refractivity contribution in [2.45, 2.75) is 129 Å². The normalized spacial score (nSPS) is 16.4. The highest BCUT2D eigenvalue weighted by molar-refractivity contribution is 5.87. The Morgan fingerprint density at radius 1 is 0.800 bits per heavy atom.